The largest absolute Gasteiger partial charge is 0.460 e. The molecule has 1 N–H and O–H groups in total. The number of esters is 2. The van der Waals surface area contributed by atoms with Gasteiger partial charge in [0.05, 0.1) is 6.42 Å². The summed E-state index contributed by atoms with van der Waals surface area (Å²) in [6.45, 7) is 7.17. The number of amides is 1. The number of alkyl carbamates (subject to hydrolysis) is 1. The maximum atomic E-state index is 14.5. The smallest absolute Gasteiger partial charge is 0.407 e. The number of carbonyl (C=O) groups is 3. The highest BCUT2D eigenvalue weighted by Gasteiger charge is 2.44. The second-order valence-electron chi connectivity index (χ2n) is 13.6. The van der Waals surface area contributed by atoms with Gasteiger partial charge in [-0.1, -0.05) is 138 Å². The third-order valence-corrected chi connectivity index (χ3v) is 9.19. The van der Waals surface area contributed by atoms with Gasteiger partial charge in [-0.25, -0.2) is 9.59 Å². The fourth-order valence-electron chi connectivity index (χ4n) is 6.61. The Morgan fingerprint density at radius 2 is 1.25 bits per heavy atom. The van der Waals surface area contributed by atoms with Crippen LogP contribution in [0.1, 0.15) is 66.5 Å². The summed E-state index contributed by atoms with van der Waals surface area (Å²) in [7, 11) is 0. The van der Waals surface area contributed by atoms with E-state index in [0.29, 0.717) is 21.7 Å². The first-order valence-electron chi connectivity index (χ1n) is 16.9. The van der Waals surface area contributed by atoms with Crippen molar-refractivity contribution < 1.29 is 28.6 Å². The van der Waals surface area contributed by atoms with Crippen LogP contribution in [0.2, 0.25) is 5.02 Å². The quantitative estimate of drug-likeness (QED) is 0.0888. The van der Waals surface area contributed by atoms with Gasteiger partial charge in [0.2, 0.25) is 0 Å². The van der Waals surface area contributed by atoms with Crippen molar-refractivity contribution >= 4 is 29.6 Å². The van der Waals surface area contributed by atoms with Gasteiger partial charge in [0.1, 0.15) is 18.2 Å². The Labute approximate surface area is 303 Å². The van der Waals surface area contributed by atoms with Crippen LogP contribution in [0.4, 0.5) is 4.79 Å². The Hall–Kier alpha value is -5.40. The van der Waals surface area contributed by atoms with E-state index >= 15 is 0 Å². The molecule has 8 heteroatoms. The van der Waals surface area contributed by atoms with Crippen LogP contribution in [0.15, 0.2) is 127 Å². The fourth-order valence-corrected chi connectivity index (χ4v) is 6.87. The van der Waals surface area contributed by atoms with Crippen LogP contribution in [-0.2, 0) is 29.4 Å². The predicted octanol–water partition coefficient (Wildman–Crippen LogP) is 9.12. The summed E-state index contributed by atoms with van der Waals surface area (Å²) in [5, 5.41) is 3.00. The molecule has 0 bridgehead atoms. The highest BCUT2D eigenvalue weighted by Crippen LogP contribution is 2.45. The molecule has 1 aliphatic carbocycles. The lowest BCUT2D eigenvalue weighted by Crippen LogP contribution is -2.48. The number of rotatable bonds is 10. The summed E-state index contributed by atoms with van der Waals surface area (Å²) in [6.07, 6.45) is -1.37. The molecule has 5 aromatic rings. The zero-order valence-corrected chi connectivity index (χ0v) is 29.8. The van der Waals surface area contributed by atoms with Crippen molar-refractivity contribution in [3.63, 3.8) is 0 Å². The molecule has 0 spiro atoms. The summed E-state index contributed by atoms with van der Waals surface area (Å²) in [4.78, 5) is 41.3. The van der Waals surface area contributed by atoms with E-state index in [1.807, 2.05) is 116 Å². The van der Waals surface area contributed by atoms with E-state index in [0.717, 1.165) is 27.8 Å². The first-order valence-corrected chi connectivity index (χ1v) is 17.3. The Kier molecular flexibility index (Phi) is 10.3. The molecule has 0 aliphatic heterocycles. The van der Waals surface area contributed by atoms with Gasteiger partial charge < -0.3 is 19.5 Å². The number of nitrogens with one attached hydrogen (secondary N) is 1. The molecular formula is C43H40ClNO6. The molecule has 5 aromatic carbocycles. The molecule has 51 heavy (non-hydrogen) atoms. The summed E-state index contributed by atoms with van der Waals surface area (Å²) in [5.74, 6) is -1.77. The Balaban J connectivity index is 1.34. The maximum Gasteiger partial charge on any atom is 0.407 e. The van der Waals surface area contributed by atoms with Gasteiger partial charge in [0, 0.05) is 27.6 Å². The van der Waals surface area contributed by atoms with Gasteiger partial charge in [0.15, 0.2) is 5.60 Å². The molecule has 260 valence electrons. The van der Waals surface area contributed by atoms with Gasteiger partial charge in [-0.3, -0.25) is 4.79 Å². The van der Waals surface area contributed by atoms with E-state index in [9.17, 15) is 14.4 Å². The van der Waals surface area contributed by atoms with Crippen molar-refractivity contribution in [3.05, 3.63) is 166 Å². The van der Waals surface area contributed by atoms with Crippen molar-refractivity contribution in [3.8, 4) is 11.1 Å². The SMILES string of the molecule is Cc1ccc(C(OC(=O)[C@H](CC(=O)OC(C)(C)C)NC(=O)OCC2c3ccccc3-c3ccccc32)(c2ccccc2)c2ccccc2Cl)cc1. The molecule has 0 aromatic heterocycles. The van der Waals surface area contributed by atoms with Gasteiger partial charge in [-0.2, -0.15) is 0 Å². The lowest BCUT2D eigenvalue weighted by molar-refractivity contribution is -0.163. The zero-order chi connectivity index (χ0) is 36.2. The predicted molar refractivity (Wildman–Crippen MR) is 198 cm³/mol. The molecule has 0 fully saturated rings. The number of hydrogen-bond acceptors (Lipinski definition) is 6. The van der Waals surface area contributed by atoms with Gasteiger partial charge in [0.25, 0.3) is 0 Å². The molecule has 1 unspecified atom stereocenters. The summed E-state index contributed by atoms with van der Waals surface area (Å²) >= 11 is 6.86. The number of benzene rings is 5. The van der Waals surface area contributed by atoms with Gasteiger partial charge >= 0.3 is 18.0 Å². The molecular weight excluding hydrogens is 662 g/mol. The minimum absolute atomic E-state index is 0.0189. The van der Waals surface area contributed by atoms with E-state index in [1.165, 1.54) is 0 Å². The van der Waals surface area contributed by atoms with Crippen molar-refractivity contribution in [2.24, 2.45) is 0 Å². The standard InChI is InChI=1S/C43H40ClNO6/c1-28-22-24-30(25-23-28)43(29-14-6-5-7-15-29,36-20-12-13-21-37(36)44)51-40(47)38(26-39(46)50-42(2,3)4)45-41(48)49-27-35-33-18-10-8-16-31(33)32-17-9-11-19-34(32)35/h5-25,35,38H,26-27H2,1-4H3,(H,45,48)/t38-,43?/m0/s1. The molecule has 0 saturated carbocycles. The molecule has 0 radical (unpaired) electrons. The van der Waals surface area contributed by atoms with Crippen molar-refractivity contribution in [2.75, 3.05) is 6.61 Å². The first kappa shape index (κ1) is 35.4. The van der Waals surface area contributed by atoms with E-state index in [1.54, 1.807) is 39.0 Å². The zero-order valence-electron chi connectivity index (χ0n) is 29.0. The Morgan fingerprint density at radius 3 is 1.86 bits per heavy atom. The molecule has 0 heterocycles. The lowest BCUT2D eigenvalue weighted by Gasteiger charge is -2.37. The number of aryl methyl sites for hydroxylation is 1. The summed E-state index contributed by atoms with van der Waals surface area (Å²) in [5.41, 5.74) is 4.62. The number of fused-ring (bicyclic) bond motifs is 3. The molecule has 7 nitrogen and oxygen atoms in total. The topological polar surface area (TPSA) is 90.9 Å². The number of ether oxygens (including phenoxy) is 3. The number of carbonyl (C=O) groups excluding carboxylic acids is 3. The van der Waals surface area contributed by atoms with Crippen LogP contribution >= 0.6 is 11.6 Å². The minimum Gasteiger partial charge on any atom is -0.460 e. The monoisotopic (exact) mass is 701 g/mol. The van der Waals surface area contributed by atoms with Gasteiger partial charge in [-0.05, 0) is 56.0 Å². The summed E-state index contributed by atoms with van der Waals surface area (Å²) in [6, 6.07) is 38.5. The van der Waals surface area contributed by atoms with Crippen LogP contribution in [-0.4, -0.2) is 36.3 Å². The van der Waals surface area contributed by atoms with E-state index in [4.69, 9.17) is 25.8 Å². The van der Waals surface area contributed by atoms with Crippen LogP contribution in [0, 0.1) is 6.92 Å². The Bertz CT molecular complexity index is 1990. The molecule has 6 rings (SSSR count). The highest BCUT2D eigenvalue weighted by atomic mass is 35.5. The third-order valence-electron chi connectivity index (χ3n) is 8.86. The minimum atomic E-state index is -1.56. The first-order chi connectivity index (χ1) is 24.5. The van der Waals surface area contributed by atoms with Crippen LogP contribution in [0.25, 0.3) is 11.1 Å². The number of hydrogen-bond donors (Lipinski definition) is 1. The van der Waals surface area contributed by atoms with Crippen LogP contribution < -0.4 is 5.32 Å². The second-order valence-corrected chi connectivity index (χ2v) is 14.0. The van der Waals surface area contributed by atoms with Crippen LogP contribution in [0.3, 0.4) is 0 Å². The molecule has 1 aliphatic rings. The van der Waals surface area contributed by atoms with E-state index < -0.39 is 41.7 Å². The van der Waals surface area contributed by atoms with Crippen molar-refractivity contribution in [2.45, 2.75) is 57.3 Å². The number of halogens is 1. The molecule has 2 atom stereocenters. The third kappa shape index (κ3) is 7.69. The lowest BCUT2D eigenvalue weighted by atomic mass is 9.79. The van der Waals surface area contributed by atoms with E-state index in [-0.39, 0.29) is 12.5 Å². The molecule has 0 saturated heterocycles. The van der Waals surface area contributed by atoms with Crippen molar-refractivity contribution in [1.29, 1.82) is 0 Å². The highest BCUT2D eigenvalue weighted by molar-refractivity contribution is 6.31. The Morgan fingerprint density at radius 1 is 0.706 bits per heavy atom. The molecule has 1 amide bonds. The summed E-state index contributed by atoms with van der Waals surface area (Å²) < 4.78 is 17.9. The van der Waals surface area contributed by atoms with E-state index in [2.05, 4.69) is 5.32 Å². The average molecular weight is 702 g/mol. The van der Waals surface area contributed by atoms with Crippen molar-refractivity contribution in [1.82, 2.24) is 5.32 Å². The normalized spacial score (nSPS) is 14.0. The van der Waals surface area contributed by atoms with Crippen LogP contribution in [0.5, 0.6) is 0 Å². The average Bonchev–Trinajstić information content (AvgIpc) is 3.43. The fraction of sp³-hybridized carbons (Fsp3) is 0.233. The second kappa shape index (κ2) is 14.8. The maximum absolute atomic E-state index is 14.5. The van der Waals surface area contributed by atoms with Gasteiger partial charge in [-0.15, -0.1) is 0 Å².